The van der Waals surface area contributed by atoms with Crippen molar-refractivity contribution in [3.63, 3.8) is 0 Å². The SMILES string of the molecule is O=NC1(Br)CCC(Br)(N=O)CC1. The van der Waals surface area contributed by atoms with Crippen molar-refractivity contribution in [1.29, 1.82) is 0 Å². The minimum atomic E-state index is -0.672. The molecule has 0 amide bonds. The molecule has 1 aliphatic rings. The van der Waals surface area contributed by atoms with Crippen LogP contribution in [-0.4, -0.2) is 8.90 Å². The molecule has 0 spiro atoms. The van der Waals surface area contributed by atoms with Gasteiger partial charge in [0.25, 0.3) is 0 Å². The summed E-state index contributed by atoms with van der Waals surface area (Å²) in [4.78, 5) is 20.7. The normalized spacial score (nSPS) is 42.2. The van der Waals surface area contributed by atoms with E-state index in [4.69, 9.17) is 0 Å². The Morgan fingerprint density at radius 3 is 1.25 bits per heavy atom. The van der Waals surface area contributed by atoms with Crippen LogP contribution >= 0.6 is 31.9 Å². The van der Waals surface area contributed by atoms with Crippen LogP contribution in [0.15, 0.2) is 10.4 Å². The first-order valence-corrected chi connectivity index (χ1v) is 5.19. The molecule has 6 heteroatoms. The fraction of sp³-hybridized carbons (Fsp3) is 1.00. The van der Waals surface area contributed by atoms with E-state index in [9.17, 15) is 9.81 Å². The molecule has 0 aromatic heterocycles. The van der Waals surface area contributed by atoms with Gasteiger partial charge in [-0.1, -0.05) is 42.2 Å². The largest absolute Gasteiger partial charge is 0.157 e. The van der Waals surface area contributed by atoms with Crippen LogP contribution in [0, 0.1) is 9.81 Å². The number of halogens is 2. The summed E-state index contributed by atoms with van der Waals surface area (Å²) in [6.45, 7) is 0. The van der Waals surface area contributed by atoms with Gasteiger partial charge in [0, 0.05) is 0 Å². The Kier molecular flexibility index (Phi) is 2.98. The molecule has 1 saturated carbocycles. The van der Waals surface area contributed by atoms with Crippen LogP contribution in [0.3, 0.4) is 0 Å². The smallest absolute Gasteiger partial charge is 0.149 e. The molecule has 1 rings (SSSR count). The molecular formula is C6H8Br2N2O2. The van der Waals surface area contributed by atoms with Gasteiger partial charge in [-0.15, -0.1) is 9.81 Å². The van der Waals surface area contributed by atoms with Crippen molar-refractivity contribution in [1.82, 2.24) is 0 Å². The molecule has 0 bridgehead atoms. The van der Waals surface area contributed by atoms with Gasteiger partial charge < -0.3 is 0 Å². The Hall–Kier alpha value is 0.160. The van der Waals surface area contributed by atoms with Crippen molar-refractivity contribution in [2.24, 2.45) is 10.4 Å². The lowest BCUT2D eigenvalue weighted by Gasteiger charge is -2.31. The zero-order valence-electron chi connectivity index (χ0n) is 6.30. The van der Waals surface area contributed by atoms with Gasteiger partial charge in [0.05, 0.1) is 0 Å². The number of nitrogens with zero attached hydrogens (tertiary/aromatic N) is 2. The first-order chi connectivity index (χ1) is 5.54. The second kappa shape index (κ2) is 3.49. The molecule has 12 heavy (non-hydrogen) atoms. The number of alkyl halides is 2. The van der Waals surface area contributed by atoms with E-state index in [2.05, 4.69) is 42.2 Å². The summed E-state index contributed by atoms with van der Waals surface area (Å²) < 4.78 is -1.34. The second-order valence-electron chi connectivity index (χ2n) is 3.02. The van der Waals surface area contributed by atoms with Crippen LogP contribution in [0.25, 0.3) is 0 Å². The minimum Gasteiger partial charge on any atom is -0.149 e. The lowest BCUT2D eigenvalue weighted by molar-refractivity contribution is 0.354. The summed E-state index contributed by atoms with van der Waals surface area (Å²) in [6.07, 6.45) is 2.20. The maximum absolute atomic E-state index is 10.4. The van der Waals surface area contributed by atoms with Gasteiger partial charge in [-0.3, -0.25) is 0 Å². The molecule has 1 fully saturated rings. The number of nitroso groups, excluding NO2 is 2. The summed E-state index contributed by atoms with van der Waals surface area (Å²) >= 11 is 6.46. The first kappa shape index (κ1) is 10.2. The standard InChI is InChI=1S/C6H8Br2N2O2/c7-5(9-11)1-2-6(8,10-12)4-3-5/h1-4H2. The molecule has 0 aromatic carbocycles. The maximum Gasteiger partial charge on any atom is 0.157 e. The van der Waals surface area contributed by atoms with Gasteiger partial charge >= 0.3 is 0 Å². The summed E-state index contributed by atoms with van der Waals surface area (Å²) in [7, 11) is 0. The third kappa shape index (κ3) is 2.10. The van der Waals surface area contributed by atoms with Crippen molar-refractivity contribution >= 4 is 31.9 Å². The quantitative estimate of drug-likeness (QED) is 0.446. The van der Waals surface area contributed by atoms with E-state index in [1.165, 1.54) is 0 Å². The van der Waals surface area contributed by atoms with Crippen LogP contribution in [0.2, 0.25) is 0 Å². The Morgan fingerprint density at radius 1 is 0.833 bits per heavy atom. The minimum absolute atomic E-state index is 0.549. The molecule has 4 nitrogen and oxygen atoms in total. The average molecular weight is 300 g/mol. The summed E-state index contributed by atoms with van der Waals surface area (Å²) in [5.74, 6) is 0. The van der Waals surface area contributed by atoms with Crippen molar-refractivity contribution in [3.05, 3.63) is 9.81 Å². The monoisotopic (exact) mass is 298 g/mol. The number of hydrogen-bond acceptors (Lipinski definition) is 4. The van der Waals surface area contributed by atoms with E-state index in [1.807, 2.05) is 0 Å². The lowest BCUT2D eigenvalue weighted by atomic mass is 9.92. The van der Waals surface area contributed by atoms with Crippen molar-refractivity contribution in [2.45, 2.75) is 34.6 Å². The van der Waals surface area contributed by atoms with Gasteiger partial charge in [-0.05, 0) is 25.7 Å². The molecule has 0 atom stereocenters. The predicted octanol–water partition coefficient (Wildman–Crippen LogP) is 3.28. The highest BCUT2D eigenvalue weighted by molar-refractivity contribution is 9.10. The average Bonchev–Trinajstić information content (AvgIpc) is 2.11. The van der Waals surface area contributed by atoms with Gasteiger partial charge in [-0.2, -0.15) is 0 Å². The Labute approximate surface area is 86.7 Å². The van der Waals surface area contributed by atoms with E-state index in [0.29, 0.717) is 25.7 Å². The van der Waals surface area contributed by atoms with Gasteiger partial charge in [0.15, 0.2) is 8.90 Å². The molecule has 68 valence electrons. The molecule has 0 aromatic rings. The molecule has 0 unspecified atom stereocenters. The fourth-order valence-corrected chi connectivity index (χ4v) is 1.99. The van der Waals surface area contributed by atoms with Gasteiger partial charge in [-0.25, -0.2) is 0 Å². The van der Waals surface area contributed by atoms with E-state index in [1.54, 1.807) is 0 Å². The van der Waals surface area contributed by atoms with Gasteiger partial charge in [0.2, 0.25) is 0 Å². The van der Waals surface area contributed by atoms with Crippen LogP contribution < -0.4 is 0 Å². The van der Waals surface area contributed by atoms with Crippen molar-refractivity contribution in [3.8, 4) is 0 Å². The highest BCUT2D eigenvalue weighted by Gasteiger charge is 2.42. The van der Waals surface area contributed by atoms with E-state index < -0.39 is 8.90 Å². The van der Waals surface area contributed by atoms with Crippen LogP contribution in [-0.2, 0) is 0 Å². The predicted molar refractivity (Wildman–Crippen MR) is 53.4 cm³/mol. The number of hydrogen-bond donors (Lipinski definition) is 0. The highest BCUT2D eigenvalue weighted by Crippen LogP contribution is 2.45. The topological polar surface area (TPSA) is 58.9 Å². The summed E-state index contributed by atoms with van der Waals surface area (Å²) in [5.41, 5.74) is 0. The number of rotatable bonds is 2. The van der Waals surface area contributed by atoms with Crippen LogP contribution in [0.5, 0.6) is 0 Å². The molecule has 0 aliphatic heterocycles. The summed E-state index contributed by atoms with van der Waals surface area (Å²) in [6, 6.07) is 0. The second-order valence-corrected chi connectivity index (χ2v) is 5.97. The van der Waals surface area contributed by atoms with E-state index in [-0.39, 0.29) is 0 Å². The van der Waals surface area contributed by atoms with Crippen LogP contribution in [0.1, 0.15) is 25.7 Å². The fourth-order valence-electron chi connectivity index (χ4n) is 1.20. The highest BCUT2D eigenvalue weighted by atomic mass is 79.9. The van der Waals surface area contributed by atoms with E-state index in [0.717, 1.165) is 0 Å². The van der Waals surface area contributed by atoms with Gasteiger partial charge in [0.1, 0.15) is 0 Å². The van der Waals surface area contributed by atoms with E-state index >= 15 is 0 Å². The zero-order chi connectivity index (χ0) is 9.24. The lowest BCUT2D eigenvalue weighted by Crippen LogP contribution is -2.32. The Balaban J connectivity index is 2.60. The summed E-state index contributed by atoms with van der Waals surface area (Å²) in [5, 5.41) is 5.96. The molecule has 0 radical (unpaired) electrons. The Bertz CT molecular complexity index is 180. The molecule has 0 heterocycles. The molecule has 0 N–H and O–H groups in total. The Morgan fingerprint density at radius 2 is 1.08 bits per heavy atom. The third-order valence-electron chi connectivity index (χ3n) is 2.11. The first-order valence-electron chi connectivity index (χ1n) is 3.60. The maximum atomic E-state index is 10.4. The van der Waals surface area contributed by atoms with Crippen molar-refractivity contribution < 1.29 is 0 Å². The molecular weight excluding hydrogens is 292 g/mol. The molecule has 0 saturated heterocycles. The van der Waals surface area contributed by atoms with Crippen molar-refractivity contribution in [2.75, 3.05) is 0 Å². The van der Waals surface area contributed by atoms with Crippen LogP contribution in [0.4, 0.5) is 0 Å². The zero-order valence-corrected chi connectivity index (χ0v) is 9.47. The molecule has 1 aliphatic carbocycles. The third-order valence-corrected chi connectivity index (χ3v) is 3.99.